The van der Waals surface area contributed by atoms with Crippen molar-refractivity contribution in [2.75, 3.05) is 0 Å². The Hall–Kier alpha value is -3.66. The molecule has 2 heterocycles. The summed E-state index contributed by atoms with van der Waals surface area (Å²) < 4.78 is 11.2. The maximum atomic E-state index is 5.59. The first-order chi connectivity index (χ1) is 14.7. The lowest BCUT2D eigenvalue weighted by Crippen LogP contribution is -1.83. The van der Waals surface area contributed by atoms with Crippen LogP contribution in [0.25, 0.3) is 0 Å². The molecule has 0 radical (unpaired) electrons. The Morgan fingerprint density at radius 1 is 0.433 bits per heavy atom. The molecule has 4 heteroatoms. The molecule has 4 nitrogen and oxygen atoms in total. The molecule has 0 fully saturated rings. The molecule has 0 saturated heterocycles. The van der Waals surface area contributed by atoms with E-state index in [2.05, 4.69) is 23.8 Å². The second-order valence-electron chi connectivity index (χ2n) is 6.20. The number of hydrogen-bond donors (Lipinski definition) is 0. The quantitative estimate of drug-likeness (QED) is 0.358. The minimum Gasteiger partial charge on any atom is -0.457 e. The molecule has 4 rings (SSSR count). The minimum absolute atomic E-state index is 0.809. The van der Waals surface area contributed by atoms with Crippen molar-refractivity contribution in [1.82, 2.24) is 9.97 Å². The van der Waals surface area contributed by atoms with Crippen LogP contribution < -0.4 is 9.47 Å². The number of hydrogen-bond acceptors (Lipinski definition) is 4. The predicted octanol–water partition coefficient (Wildman–Crippen LogP) is 7.39. The summed E-state index contributed by atoms with van der Waals surface area (Å²) in [6.45, 7) is 8.10. The summed E-state index contributed by atoms with van der Waals surface area (Å²) in [5.41, 5.74) is 2.46. The summed E-state index contributed by atoms with van der Waals surface area (Å²) >= 11 is 0. The maximum absolute atomic E-state index is 5.59. The van der Waals surface area contributed by atoms with Crippen LogP contribution >= 0.6 is 0 Å². The lowest BCUT2D eigenvalue weighted by molar-refractivity contribution is 0.481. The third kappa shape index (κ3) is 8.15. The Balaban J connectivity index is 0.000000197. The van der Waals surface area contributed by atoms with E-state index >= 15 is 0 Å². The molecule has 0 unspecified atom stereocenters. The molecule has 2 aromatic heterocycles. The number of nitrogens with zero attached hydrogens (tertiary/aromatic N) is 2. The molecule has 0 bridgehead atoms. The molecule has 0 spiro atoms. The smallest absolute Gasteiger partial charge is 0.130 e. The van der Waals surface area contributed by atoms with Gasteiger partial charge in [-0.3, -0.25) is 9.97 Å². The lowest BCUT2D eigenvalue weighted by Gasteiger charge is -2.04. The van der Waals surface area contributed by atoms with E-state index in [-0.39, 0.29) is 0 Å². The van der Waals surface area contributed by atoms with Gasteiger partial charge in [-0.25, -0.2) is 0 Å². The fourth-order valence-corrected chi connectivity index (χ4v) is 2.30. The first kappa shape index (κ1) is 22.6. The predicted molar refractivity (Wildman–Crippen MR) is 122 cm³/mol. The van der Waals surface area contributed by atoms with Gasteiger partial charge in [0.1, 0.15) is 23.0 Å². The van der Waals surface area contributed by atoms with Crippen LogP contribution in [-0.4, -0.2) is 9.97 Å². The normalized spacial score (nSPS) is 9.33. The second-order valence-corrected chi connectivity index (χ2v) is 6.20. The monoisotopic (exact) mass is 400 g/mol. The van der Waals surface area contributed by atoms with Crippen molar-refractivity contribution in [3.63, 3.8) is 0 Å². The number of rotatable bonds is 4. The molecule has 2 aromatic carbocycles. The Labute approximate surface area is 179 Å². The summed E-state index contributed by atoms with van der Waals surface area (Å²) in [6, 6.07) is 23.2. The molecule has 0 N–H and O–H groups in total. The Kier molecular flexibility index (Phi) is 9.60. The van der Waals surface area contributed by atoms with E-state index in [9.17, 15) is 0 Å². The molecule has 4 aromatic rings. The van der Waals surface area contributed by atoms with E-state index in [1.807, 2.05) is 86.6 Å². The molecule has 30 heavy (non-hydrogen) atoms. The Morgan fingerprint density at radius 2 is 0.700 bits per heavy atom. The van der Waals surface area contributed by atoms with Crippen LogP contribution in [0.15, 0.2) is 97.6 Å². The number of aryl methyl sites for hydroxylation is 2. The van der Waals surface area contributed by atoms with E-state index in [1.165, 1.54) is 11.1 Å². The van der Waals surface area contributed by atoms with Crippen molar-refractivity contribution in [2.24, 2.45) is 0 Å². The number of pyridine rings is 2. The molecular formula is C26H28N2O2. The van der Waals surface area contributed by atoms with E-state index in [4.69, 9.17) is 9.47 Å². The highest BCUT2D eigenvalue weighted by Crippen LogP contribution is 2.21. The van der Waals surface area contributed by atoms with Crippen LogP contribution in [0.3, 0.4) is 0 Å². The maximum Gasteiger partial charge on any atom is 0.130 e. The van der Waals surface area contributed by atoms with Gasteiger partial charge in [-0.2, -0.15) is 0 Å². The fraction of sp³-hybridized carbons (Fsp3) is 0.154. The van der Waals surface area contributed by atoms with Gasteiger partial charge in [0.15, 0.2) is 0 Å². The average Bonchev–Trinajstić information content (AvgIpc) is 2.80. The van der Waals surface area contributed by atoms with E-state index < -0.39 is 0 Å². The zero-order chi connectivity index (χ0) is 21.6. The zero-order valence-electron chi connectivity index (χ0n) is 17.9. The Morgan fingerprint density at radius 3 is 1.00 bits per heavy atom. The van der Waals surface area contributed by atoms with Gasteiger partial charge < -0.3 is 9.47 Å². The van der Waals surface area contributed by atoms with Crippen molar-refractivity contribution >= 4 is 0 Å². The van der Waals surface area contributed by atoms with Crippen LogP contribution in [0, 0.1) is 13.8 Å². The number of benzene rings is 2. The van der Waals surface area contributed by atoms with Crippen molar-refractivity contribution in [3.8, 4) is 23.0 Å². The minimum atomic E-state index is 0.809. The number of ether oxygens (including phenoxy) is 2. The van der Waals surface area contributed by atoms with Crippen molar-refractivity contribution < 1.29 is 9.47 Å². The van der Waals surface area contributed by atoms with Crippen molar-refractivity contribution in [3.05, 3.63) is 109 Å². The van der Waals surface area contributed by atoms with Crippen LogP contribution in [-0.2, 0) is 0 Å². The standard InChI is InChI=1S/2C12H11NO.C2H6/c2*1-10-2-4-11(5-3-10)14-12-6-8-13-9-7-12;1-2/h2*2-9H,1H3;1-2H3. The van der Waals surface area contributed by atoms with Crippen molar-refractivity contribution in [1.29, 1.82) is 0 Å². The largest absolute Gasteiger partial charge is 0.457 e. The number of aromatic nitrogens is 2. The topological polar surface area (TPSA) is 44.2 Å². The Bertz CT molecular complexity index is 872. The van der Waals surface area contributed by atoms with Crippen LogP contribution in [0.2, 0.25) is 0 Å². The first-order valence-electron chi connectivity index (χ1n) is 9.98. The van der Waals surface area contributed by atoms with Gasteiger partial charge in [-0.15, -0.1) is 0 Å². The van der Waals surface area contributed by atoms with E-state index in [0.717, 1.165) is 23.0 Å². The summed E-state index contributed by atoms with van der Waals surface area (Å²) in [5, 5.41) is 0. The van der Waals surface area contributed by atoms with Crippen LogP contribution in [0.1, 0.15) is 25.0 Å². The molecular weight excluding hydrogens is 372 g/mol. The summed E-state index contributed by atoms with van der Waals surface area (Å²) in [7, 11) is 0. The third-order valence-corrected chi connectivity index (χ3v) is 3.81. The van der Waals surface area contributed by atoms with Gasteiger partial charge in [0.2, 0.25) is 0 Å². The lowest BCUT2D eigenvalue weighted by atomic mass is 10.2. The third-order valence-electron chi connectivity index (χ3n) is 3.81. The highest BCUT2D eigenvalue weighted by Gasteiger charge is 1.95. The van der Waals surface area contributed by atoms with Crippen molar-refractivity contribution in [2.45, 2.75) is 27.7 Å². The molecule has 154 valence electrons. The van der Waals surface area contributed by atoms with Crippen LogP contribution in [0.4, 0.5) is 0 Å². The van der Waals surface area contributed by atoms with E-state index in [0.29, 0.717) is 0 Å². The van der Waals surface area contributed by atoms with Gasteiger partial charge in [0, 0.05) is 24.8 Å². The second kappa shape index (κ2) is 12.7. The molecule has 0 aliphatic carbocycles. The SMILES string of the molecule is CC.Cc1ccc(Oc2ccncc2)cc1.Cc1ccc(Oc2ccncc2)cc1. The average molecular weight is 401 g/mol. The summed E-state index contributed by atoms with van der Waals surface area (Å²) in [5.74, 6) is 3.32. The molecule has 0 aliphatic heterocycles. The van der Waals surface area contributed by atoms with Gasteiger partial charge in [-0.1, -0.05) is 49.2 Å². The molecule has 0 amide bonds. The zero-order valence-corrected chi connectivity index (χ0v) is 17.9. The molecule has 0 aliphatic rings. The summed E-state index contributed by atoms with van der Waals surface area (Å²) in [4.78, 5) is 7.84. The van der Waals surface area contributed by atoms with E-state index in [1.54, 1.807) is 24.8 Å². The van der Waals surface area contributed by atoms with Gasteiger partial charge in [0.05, 0.1) is 0 Å². The fourth-order valence-electron chi connectivity index (χ4n) is 2.30. The van der Waals surface area contributed by atoms with Gasteiger partial charge in [0.25, 0.3) is 0 Å². The first-order valence-corrected chi connectivity index (χ1v) is 9.98. The summed E-state index contributed by atoms with van der Waals surface area (Å²) in [6.07, 6.45) is 6.85. The molecule has 0 saturated carbocycles. The highest BCUT2D eigenvalue weighted by atomic mass is 16.5. The van der Waals surface area contributed by atoms with Crippen LogP contribution in [0.5, 0.6) is 23.0 Å². The highest BCUT2D eigenvalue weighted by molar-refractivity contribution is 5.32. The van der Waals surface area contributed by atoms with Gasteiger partial charge >= 0.3 is 0 Å². The van der Waals surface area contributed by atoms with Gasteiger partial charge in [-0.05, 0) is 62.4 Å². The molecule has 0 atom stereocenters.